The summed E-state index contributed by atoms with van der Waals surface area (Å²) < 4.78 is 5.28. The van der Waals surface area contributed by atoms with Gasteiger partial charge >= 0.3 is 0 Å². The standard InChI is InChI=1S/C18H19N3O/c1-2-6-14-9-11-16(12-10-14)19-13-17-20-18(21-22-17)15-7-4-3-5-8-15/h3-5,7-12,19H,2,6,13H2,1H3. The topological polar surface area (TPSA) is 51.0 Å². The molecule has 0 saturated heterocycles. The second kappa shape index (κ2) is 6.89. The maximum atomic E-state index is 5.28. The number of aryl methyl sites for hydroxylation is 1. The van der Waals surface area contributed by atoms with Crippen LogP contribution in [0.3, 0.4) is 0 Å². The summed E-state index contributed by atoms with van der Waals surface area (Å²) in [5.41, 5.74) is 3.37. The monoisotopic (exact) mass is 293 g/mol. The lowest BCUT2D eigenvalue weighted by molar-refractivity contribution is 0.384. The van der Waals surface area contributed by atoms with Crippen LogP contribution in [0.2, 0.25) is 0 Å². The molecule has 0 atom stereocenters. The SMILES string of the molecule is CCCc1ccc(NCc2nc(-c3ccccc3)no2)cc1. The van der Waals surface area contributed by atoms with E-state index < -0.39 is 0 Å². The third-order valence-electron chi connectivity index (χ3n) is 3.44. The summed E-state index contributed by atoms with van der Waals surface area (Å²) in [5, 5.41) is 7.31. The lowest BCUT2D eigenvalue weighted by Gasteiger charge is -2.04. The molecule has 0 bridgehead atoms. The number of rotatable bonds is 6. The fourth-order valence-corrected chi connectivity index (χ4v) is 2.29. The molecule has 0 spiro atoms. The van der Waals surface area contributed by atoms with Crippen molar-refractivity contribution in [1.82, 2.24) is 10.1 Å². The zero-order valence-electron chi connectivity index (χ0n) is 12.6. The van der Waals surface area contributed by atoms with Gasteiger partial charge in [-0.3, -0.25) is 0 Å². The van der Waals surface area contributed by atoms with Crippen LogP contribution in [0.5, 0.6) is 0 Å². The van der Waals surface area contributed by atoms with Crippen molar-refractivity contribution >= 4 is 5.69 Å². The lowest BCUT2D eigenvalue weighted by atomic mass is 10.1. The molecule has 1 heterocycles. The summed E-state index contributed by atoms with van der Waals surface area (Å²) in [6, 6.07) is 18.3. The second-order valence-electron chi connectivity index (χ2n) is 5.18. The van der Waals surface area contributed by atoms with Gasteiger partial charge in [-0.25, -0.2) is 0 Å². The van der Waals surface area contributed by atoms with Crippen LogP contribution < -0.4 is 5.32 Å². The molecule has 0 aliphatic rings. The number of nitrogens with one attached hydrogen (secondary N) is 1. The summed E-state index contributed by atoms with van der Waals surface area (Å²) in [4.78, 5) is 4.40. The van der Waals surface area contributed by atoms with E-state index in [0.29, 0.717) is 18.3 Å². The van der Waals surface area contributed by atoms with E-state index >= 15 is 0 Å². The summed E-state index contributed by atoms with van der Waals surface area (Å²) in [6.45, 7) is 2.71. The molecule has 112 valence electrons. The van der Waals surface area contributed by atoms with Crippen LogP contribution in [0.15, 0.2) is 59.1 Å². The molecule has 0 aliphatic heterocycles. The summed E-state index contributed by atoms with van der Waals surface area (Å²) in [5.74, 6) is 1.20. The number of hydrogen-bond donors (Lipinski definition) is 1. The fourth-order valence-electron chi connectivity index (χ4n) is 2.29. The van der Waals surface area contributed by atoms with Gasteiger partial charge in [0.25, 0.3) is 0 Å². The quantitative estimate of drug-likeness (QED) is 0.736. The predicted molar refractivity (Wildman–Crippen MR) is 87.5 cm³/mol. The molecule has 0 fully saturated rings. The van der Waals surface area contributed by atoms with Crippen molar-refractivity contribution in [1.29, 1.82) is 0 Å². The zero-order valence-corrected chi connectivity index (χ0v) is 12.6. The maximum absolute atomic E-state index is 5.28. The highest BCUT2D eigenvalue weighted by Crippen LogP contribution is 2.16. The molecule has 0 aliphatic carbocycles. The van der Waals surface area contributed by atoms with Gasteiger partial charge in [0, 0.05) is 11.3 Å². The highest BCUT2D eigenvalue weighted by Gasteiger charge is 2.07. The predicted octanol–water partition coefficient (Wildman–Crippen LogP) is 4.30. The molecule has 2 aromatic carbocycles. The third-order valence-corrected chi connectivity index (χ3v) is 3.44. The molecule has 0 radical (unpaired) electrons. The van der Waals surface area contributed by atoms with Crippen LogP contribution in [0.4, 0.5) is 5.69 Å². The lowest BCUT2D eigenvalue weighted by Crippen LogP contribution is -1.99. The van der Waals surface area contributed by atoms with Crippen LogP contribution in [-0.4, -0.2) is 10.1 Å². The highest BCUT2D eigenvalue weighted by molar-refractivity contribution is 5.53. The van der Waals surface area contributed by atoms with Crippen molar-refractivity contribution in [2.75, 3.05) is 5.32 Å². The molecule has 3 rings (SSSR count). The molecule has 1 N–H and O–H groups in total. The van der Waals surface area contributed by atoms with Crippen molar-refractivity contribution in [2.24, 2.45) is 0 Å². The Morgan fingerprint density at radius 3 is 2.50 bits per heavy atom. The molecule has 4 heteroatoms. The first-order chi connectivity index (χ1) is 10.8. The van der Waals surface area contributed by atoms with Gasteiger partial charge in [0.1, 0.15) is 0 Å². The van der Waals surface area contributed by atoms with E-state index in [1.807, 2.05) is 30.3 Å². The van der Waals surface area contributed by atoms with E-state index in [4.69, 9.17) is 4.52 Å². The van der Waals surface area contributed by atoms with Crippen molar-refractivity contribution < 1.29 is 4.52 Å². The van der Waals surface area contributed by atoms with E-state index in [1.54, 1.807) is 0 Å². The smallest absolute Gasteiger partial charge is 0.246 e. The summed E-state index contributed by atoms with van der Waals surface area (Å²) in [6.07, 6.45) is 2.28. The Morgan fingerprint density at radius 1 is 1.00 bits per heavy atom. The Hall–Kier alpha value is -2.62. The van der Waals surface area contributed by atoms with Crippen molar-refractivity contribution in [3.05, 3.63) is 66.1 Å². The number of anilines is 1. The van der Waals surface area contributed by atoms with Crippen LogP contribution in [0.25, 0.3) is 11.4 Å². The average molecular weight is 293 g/mol. The van der Waals surface area contributed by atoms with E-state index in [0.717, 1.165) is 24.1 Å². The van der Waals surface area contributed by atoms with E-state index in [1.165, 1.54) is 5.56 Å². The van der Waals surface area contributed by atoms with Crippen molar-refractivity contribution in [3.8, 4) is 11.4 Å². The zero-order chi connectivity index (χ0) is 15.2. The van der Waals surface area contributed by atoms with Gasteiger partial charge in [-0.1, -0.05) is 61.0 Å². The molecular weight excluding hydrogens is 274 g/mol. The van der Waals surface area contributed by atoms with Crippen LogP contribution in [-0.2, 0) is 13.0 Å². The van der Waals surface area contributed by atoms with Gasteiger partial charge in [-0.2, -0.15) is 4.98 Å². The van der Waals surface area contributed by atoms with E-state index in [-0.39, 0.29) is 0 Å². The van der Waals surface area contributed by atoms with Gasteiger partial charge in [-0.05, 0) is 24.1 Å². The third kappa shape index (κ3) is 3.52. The van der Waals surface area contributed by atoms with Gasteiger partial charge in [0.15, 0.2) is 0 Å². The number of benzene rings is 2. The minimum Gasteiger partial charge on any atom is -0.376 e. The molecule has 0 saturated carbocycles. The van der Waals surface area contributed by atoms with Crippen molar-refractivity contribution in [3.63, 3.8) is 0 Å². The molecule has 3 aromatic rings. The fraction of sp³-hybridized carbons (Fsp3) is 0.222. The first-order valence-electron chi connectivity index (χ1n) is 7.56. The first kappa shape index (κ1) is 14.3. The van der Waals surface area contributed by atoms with Gasteiger partial charge < -0.3 is 9.84 Å². The summed E-state index contributed by atoms with van der Waals surface area (Å²) in [7, 11) is 0. The van der Waals surface area contributed by atoms with E-state index in [9.17, 15) is 0 Å². The van der Waals surface area contributed by atoms with Gasteiger partial charge in [0.2, 0.25) is 11.7 Å². The molecule has 0 amide bonds. The number of hydrogen-bond acceptors (Lipinski definition) is 4. The van der Waals surface area contributed by atoms with Gasteiger partial charge in [0.05, 0.1) is 6.54 Å². The molecule has 22 heavy (non-hydrogen) atoms. The van der Waals surface area contributed by atoms with Crippen LogP contribution >= 0.6 is 0 Å². The number of nitrogens with zero attached hydrogens (tertiary/aromatic N) is 2. The highest BCUT2D eigenvalue weighted by atomic mass is 16.5. The second-order valence-corrected chi connectivity index (χ2v) is 5.18. The van der Waals surface area contributed by atoms with Crippen molar-refractivity contribution in [2.45, 2.75) is 26.3 Å². The Kier molecular flexibility index (Phi) is 4.49. The minimum atomic E-state index is 0.521. The molecule has 1 aromatic heterocycles. The Morgan fingerprint density at radius 2 is 1.77 bits per heavy atom. The average Bonchev–Trinajstić information content (AvgIpc) is 3.04. The molecule has 4 nitrogen and oxygen atoms in total. The first-order valence-corrected chi connectivity index (χ1v) is 7.56. The number of aromatic nitrogens is 2. The Balaban J connectivity index is 1.61. The molecular formula is C18H19N3O. The maximum Gasteiger partial charge on any atom is 0.246 e. The van der Waals surface area contributed by atoms with Crippen LogP contribution in [0.1, 0.15) is 24.8 Å². The normalized spacial score (nSPS) is 10.6. The van der Waals surface area contributed by atoms with Gasteiger partial charge in [-0.15, -0.1) is 0 Å². The largest absolute Gasteiger partial charge is 0.376 e. The Bertz CT molecular complexity index is 705. The van der Waals surface area contributed by atoms with E-state index in [2.05, 4.69) is 46.6 Å². The minimum absolute atomic E-state index is 0.521. The Labute approximate surface area is 130 Å². The van der Waals surface area contributed by atoms with Crippen LogP contribution in [0, 0.1) is 0 Å². The molecule has 0 unspecified atom stereocenters. The summed E-state index contributed by atoms with van der Waals surface area (Å²) >= 11 is 0.